The molecule has 0 aromatic heterocycles. The minimum absolute atomic E-state index is 0.00611. The maximum Gasteiger partial charge on any atom is 0.247 e. The summed E-state index contributed by atoms with van der Waals surface area (Å²) in [6, 6.07) is 7.70. The summed E-state index contributed by atoms with van der Waals surface area (Å²) in [6.45, 7) is 4.58. The van der Waals surface area contributed by atoms with Gasteiger partial charge in [0.05, 0.1) is 0 Å². The minimum Gasteiger partial charge on any atom is -0.611 e. The van der Waals surface area contributed by atoms with E-state index in [-0.39, 0.29) is 5.91 Å². The topological polar surface area (TPSA) is 52.2 Å². The molecule has 0 fully saturated rings. The number of rotatable bonds is 4. The fraction of sp³-hybridized carbons (Fsp3) is 0.357. The van der Waals surface area contributed by atoms with Crippen LogP contribution in [0.3, 0.4) is 0 Å². The highest BCUT2D eigenvalue weighted by Gasteiger charge is 2.21. The number of hydrogen-bond donors (Lipinski definition) is 1. The largest absolute Gasteiger partial charge is 0.611 e. The SMILES string of the molecule is CC1=C(CC[S+]([O-])c2ccc(C)cc2)C(=O)NC1. The van der Waals surface area contributed by atoms with Gasteiger partial charge in [-0.05, 0) is 42.7 Å². The van der Waals surface area contributed by atoms with Crippen molar-refractivity contribution >= 4 is 17.1 Å². The monoisotopic (exact) mass is 263 g/mol. The van der Waals surface area contributed by atoms with Gasteiger partial charge in [-0.2, -0.15) is 0 Å². The first-order valence-electron chi connectivity index (χ1n) is 6.00. The Morgan fingerprint density at radius 3 is 2.50 bits per heavy atom. The lowest BCUT2D eigenvalue weighted by Gasteiger charge is -2.10. The first kappa shape index (κ1) is 13.2. The molecule has 0 aliphatic carbocycles. The van der Waals surface area contributed by atoms with E-state index in [4.69, 9.17) is 0 Å². The van der Waals surface area contributed by atoms with Crippen LogP contribution < -0.4 is 5.32 Å². The lowest BCUT2D eigenvalue weighted by atomic mass is 10.1. The molecule has 1 heterocycles. The van der Waals surface area contributed by atoms with Crippen LogP contribution in [-0.2, 0) is 16.0 Å². The Balaban J connectivity index is 1.96. The normalized spacial score (nSPS) is 16.9. The zero-order chi connectivity index (χ0) is 13.1. The fourth-order valence-corrected chi connectivity index (χ4v) is 3.01. The van der Waals surface area contributed by atoms with Crippen molar-refractivity contribution in [3.63, 3.8) is 0 Å². The minimum atomic E-state index is -1.03. The second kappa shape index (κ2) is 5.59. The van der Waals surface area contributed by atoms with Crippen molar-refractivity contribution in [1.82, 2.24) is 5.32 Å². The molecule has 96 valence electrons. The lowest BCUT2D eigenvalue weighted by Crippen LogP contribution is -2.18. The first-order valence-corrected chi connectivity index (χ1v) is 7.31. The van der Waals surface area contributed by atoms with Crippen molar-refractivity contribution in [2.75, 3.05) is 12.3 Å². The Morgan fingerprint density at radius 1 is 1.28 bits per heavy atom. The van der Waals surface area contributed by atoms with Gasteiger partial charge in [-0.1, -0.05) is 17.7 Å². The molecule has 1 aliphatic heterocycles. The predicted molar refractivity (Wildman–Crippen MR) is 72.8 cm³/mol. The molecule has 3 nitrogen and oxygen atoms in total. The summed E-state index contributed by atoms with van der Waals surface area (Å²) < 4.78 is 12.1. The third-order valence-corrected chi connectivity index (χ3v) is 4.50. The molecule has 0 radical (unpaired) electrons. The maximum atomic E-state index is 12.1. The summed E-state index contributed by atoms with van der Waals surface area (Å²) in [6.07, 6.45) is 0.582. The van der Waals surface area contributed by atoms with Crippen molar-refractivity contribution < 1.29 is 9.35 Å². The third-order valence-electron chi connectivity index (χ3n) is 3.12. The molecule has 0 saturated carbocycles. The molecule has 0 saturated heterocycles. The molecule has 1 aromatic carbocycles. The van der Waals surface area contributed by atoms with Crippen LogP contribution in [0.1, 0.15) is 18.9 Å². The van der Waals surface area contributed by atoms with Gasteiger partial charge in [0.25, 0.3) is 0 Å². The summed E-state index contributed by atoms with van der Waals surface area (Å²) in [4.78, 5) is 12.3. The Hall–Kier alpha value is -1.26. The number of nitrogens with one attached hydrogen (secondary N) is 1. The summed E-state index contributed by atoms with van der Waals surface area (Å²) >= 11 is -1.03. The van der Waals surface area contributed by atoms with E-state index in [0.717, 1.165) is 21.6 Å². The zero-order valence-electron chi connectivity index (χ0n) is 10.7. The Labute approximate surface area is 110 Å². The van der Waals surface area contributed by atoms with Crippen molar-refractivity contribution in [2.24, 2.45) is 0 Å². The average molecular weight is 263 g/mol. The predicted octanol–water partition coefficient (Wildman–Crippen LogP) is 1.94. The van der Waals surface area contributed by atoms with E-state index in [2.05, 4.69) is 5.32 Å². The quantitative estimate of drug-likeness (QED) is 0.844. The van der Waals surface area contributed by atoms with E-state index in [9.17, 15) is 9.35 Å². The van der Waals surface area contributed by atoms with Crippen LogP contribution in [0, 0.1) is 6.92 Å². The van der Waals surface area contributed by atoms with Crippen molar-refractivity contribution in [1.29, 1.82) is 0 Å². The number of carbonyl (C=O) groups excluding carboxylic acids is 1. The van der Waals surface area contributed by atoms with Crippen LogP contribution in [0.4, 0.5) is 0 Å². The number of benzene rings is 1. The second-order valence-corrected chi connectivity index (χ2v) is 6.12. The Morgan fingerprint density at radius 2 is 1.94 bits per heavy atom. The number of hydrogen-bond acceptors (Lipinski definition) is 2. The van der Waals surface area contributed by atoms with Crippen molar-refractivity contribution in [3.05, 3.63) is 41.0 Å². The van der Waals surface area contributed by atoms with Gasteiger partial charge >= 0.3 is 0 Å². The van der Waals surface area contributed by atoms with Gasteiger partial charge in [-0.25, -0.2) is 0 Å². The maximum absolute atomic E-state index is 12.1. The van der Waals surface area contributed by atoms with Crippen LogP contribution in [0.5, 0.6) is 0 Å². The lowest BCUT2D eigenvalue weighted by molar-refractivity contribution is -0.116. The molecule has 0 bridgehead atoms. The summed E-state index contributed by atoms with van der Waals surface area (Å²) in [7, 11) is 0. The molecule has 18 heavy (non-hydrogen) atoms. The molecule has 1 unspecified atom stereocenters. The van der Waals surface area contributed by atoms with Gasteiger partial charge in [0.2, 0.25) is 5.91 Å². The van der Waals surface area contributed by atoms with E-state index in [1.54, 1.807) is 0 Å². The van der Waals surface area contributed by atoms with E-state index >= 15 is 0 Å². The van der Waals surface area contributed by atoms with Gasteiger partial charge in [0.1, 0.15) is 5.75 Å². The standard InChI is InChI=1S/C14H17NO2S/c1-10-3-5-12(6-4-10)18(17)8-7-13-11(2)9-15-14(13)16/h3-6H,7-9H2,1-2H3,(H,15,16). The Kier molecular flexibility index (Phi) is 4.09. The van der Waals surface area contributed by atoms with Crippen LogP contribution in [0.15, 0.2) is 40.3 Å². The summed E-state index contributed by atoms with van der Waals surface area (Å²) in [5, 5.41) is 2.78. The molecule has 1 aromatic rings. The summed E-state index contributed by atoms with van der Waals surface area (Å²) in [5.74, 6) is 0.497. The van der Waals surface area contributed by atoms with E-state index in [0.29, 0.717) is 18.7 Å². The number of carbonyl (C=O) groups is 1. The Bertz CT molecular complexity index is 479. The van der Waals surface area contributed by atoms with E-state index < -0.39 is 11.2 Å². The fourth-order valence-electron chi connectivity index (χ4n) is 1.95. The van der Waals surface area contributed by atoms with Gasteiger partial charge in [-0.15, -0.1) is 0 Å². The smallest absolute Gasteiger partial charge is 0.247 e. The molecule has 2 rings (SSSR count). The van der Waals surface area contributed by atoms with E-state index in [1.807, 2.05) is 38.1 Å². The van der Waals surface area contributed by atoms with Gasteiger partial charge in [0.15, 0.2) is 4.90 Å². The average Bonchev–Trinajstić information content (AvgIpc) is 2.67. The van der Waals surface area contributed by atoms with E-state index in [1.165, 1.54) is 0 Å². The molecule has 1 amide bonds. The van der Waals surface area contributed by atoms with Crippen LogP contribution in [0.2, 0.25) is 0 Å². The van der Waals surface area contributed by atoms with Crippen molar-refractivity contribution in [3.8, 4) is 0 Å². The number of amides is 1. The molecule has 1 N–H and O–H groups in total. The highest BCUT2D eigenvalue weighted by molar-refractivity contribution is 7.91. The zero-order valence-corrected chi connectivity index (χ0v) is 11.5. The second-order valence-electron chi connectivity index (χ2n) is 4.55. The molecule has 1 aliphatic rings. The molecule has 4 heteroatoms. The van der Waals surface area contributed by atoms with Gasteiger partial charge in [-0.3, -0.25) is 4.79 Å². The third kappa shape index (κ3) is 2.94. The molecule has 0 spiro atoms. The molecular formula is C14H17NO2S. The van der Waals surface area contributed by atoms with Crippen molar-refractivity contribution in [2.45, 2.75) is 25.2 Å². The number of aryl methyl sites for hydroxylation is 1. The van der Waals surface area contributed by atoms with Crippen LogP contribution in [0.25, 0.3) is 0 Å². The molecule has 1 atom stereocenters. The first-order chi connectivity index (χ1) is 8.58. The highest BCUT2D eigenvalue weighted by Crippen LogP contribution is 2.19. The van der Waals surface area contributed by atoms with Gasteiger partial charge in [0, 0.05) is 18.5 Å². The van der Waals surface area contributed by atoms with Gasteiger partial charge < -0.3 is 9.87 Å². The highest BCUT2D eigenvalue weighted by atomic mass is 32.2. The molecular weight excluding hydrogens is 246 g/mol. The summed E-state index contributed by atoms with van der Waals surface area (Å²) in [5.41, 5.74) is 3.03. The van der Waals surface area contributed by atoms with Crippen LogP contribution >= 0.6 is 0 Å². The van der Waals surface area contributed by atoms with Crippen LogP contribution in [-0.4, -0.2) is 22.8 Å².